The Morgan fingerprint density at radius 3 is 2.33 bits per heavy atom. The lowest BCUT2D eigenvalue weighted by Crippen LogP contribution is -1.95. The lowest BCUT2D eigenvalue weighted by atomic mass is 10.3. The minimum atomic E-state index is 0.595. The van der Waals surface area contributed by atoms with E-state index >= 15 is 0 Å². The number of hydrogen-bond acceptors (Lipinski definition) is 3. The third kappa shape index (κ3) is 2.94. The molecule has 0 fully saturated rings. The van der Waals surface area contributed by atoms with Gasteiger partial charge in [-0.25, -0.2) is 0 Å². The highest BCUT2D eigenvalue weighted by Crippen LogP contribution is 2.34. The summed E-state index contributed by atoms with van der Waals surface area (Å²) in [5.74, 6) is 2.88. The molecular formula is C15H16O3. The highest BCUT2D eigenvalue weighted by Gasteiger charge is 2.07. The zero-order valence-corrected chi connectivity index (χ0v) is 10.6. The maximum absolute atomic E-state index is 5.80. The number of ether oxygens (including phenoxy) is 3. The molecule has 0 heterocycles. The summed E-state index contributed by atoms with van der Waals surface area (Å²) in [7, 11) is 1.63. The molecule has 94 valence electrons. The molecule has 0 radical (unpaired) electrons. The Labute approximate surface area is 107 Å². The van der Waals surface area contributed by atoms with Crippen molar-refractivity contribution in [1.82, 2.24) is 0 Å². The Morgan fingerprint density at radius 2 is 1.67 bits per heavy atom. The zero-order chi connectivity index (χ0) is 12.8. The number of rotatable bonds is 5. The second-order valence-electron chi connectivity index (χ2n) is 3.66. The van der Waals surface area contributed by atoms with Gasteiger partial charge in [0.1, 0.15) is 11.5 Å². The van der Waals surface area contributed by atoms with Crippen molar-refractivity contribution in [2.75, 3.05) is 13.7 Å². The van der Waals surface area contributed by atoms with Crippen molar-refractivity contribution in [3.63, 3.8) is 0 Å². The van der Waals surface area contributed by atoms with Crippen LogP contribution < -0.4 is 14.2 Å². The van der Waals surface area contributed by atoms with E-state index in [0.717, 1.165) is 11.5 Å². The number of hydrogen-bond donors (Lipinski definition) is 0. The second-order valence-corrected chi connectivity index (χ2v) is 3.66. The molecule has 0 aromatic heterocycles. The van der Waals surface area contributed by atoms with Crippen molar-refractivity contribution in [1.29, 1.82) is 0 Å². The van der Waals surface area contributed by atoms with Gasteiger partial charge in [0.05, 0.1) is 13.7 Å². The summed E-state index contributed by atoms with van der Waals surface area (Å²) >= 11 is 0. The monoisotopic (exact) mass is 244 g/mol. The van der Waals surface area contributed by atoms with Crippen molar-refractivity contribution in [2.24, 2.45) is 0 Å². The van der Waals surface area contributed by atoms with Crippen molar-refractivity contribution in [2.45, 2.75) is 6.92 Å². The molecule has 0 N–H and O–H groups in total. The third-order valence-electron chi connectivity index (χ3n) is 2.42. The largest absolute Gasteiger partial charge is 0.497 e. The minimum Gasteiger partial charge on any atom is -0.497 e. The zero-order valence-electron chi connectivity index (χ0n) is 10.6. The summed E-state index contributed by atoms with van der Waals surface area (Å²) < 4.78 is 16.5. The van der Waals surface area contributed by atoms with Crippen LogP contribution in [0.1, 0.15) is 6.92 Å². The highest BCUT2D eigenvalue weighted by atomic mass is 16.5. The lowest BCUT2D eigenvalue weighted by Gasteiger charge is -2.12. The molecule has 0 unspecified atom stereocenters. The molecule has 2 aromatic carbocycles. The first kappa shape index (κ1) is 12.3. The van der Waals surface area contributed by atoms with Crippen LogP contribution >= 0.6 is 0 Å². The van der Waals surface area contributed by atoms with E-state index in [1.165, 1.54) is 0 Å². The SMILES string of the molecule is CCOc1ccc(OC)cc1Oc1ccccc1. The van der Waals surface area contributed by atoms with Crippen LogP contribution in [0, 0.1) is 0 Å². The van der Waals surface area contributed by atoms with Crippen LogP contribution in [-0.4, -0.2) is 13.7 Å². The van der Waals surface area contributed by atoms with E-state index in [4.69, 9.17) is 14.2 Å². The highest BCUT2D eigenvalue weighted by molar-refractivity contribution is 5.47. The molecule has 0 bridgehead atoms. The fourth-order valence-corrected chi connectivity index (χ4v) is 1.59. The van der Waals surface area contributed by atoms with Crippen LogP contribution in [0.3, 0.4) is 0 Å². The standard InChI is InChI=1S/C15H16O3/c1-3-17-14-10-9-13(16-2)11-15(14)18-12-7-5-4-6-8-12/h4-11H,3H2,1-2H3. The summed E-state index contributed by atoms with van der Waals surface area (Å²) in [6, 6.07) is 15.1. The molecule has 3 nitrogen and oxygen atoms in total. The molecule has 0 spiro atoms. The maximum atomic E-state index is 5.80. The molecule has 18 heavy (non-hydrogen) atoms. The van der Waals surface area contributed by atoms with Crippen LogP contribution in [0.5, 0.6) is 23.0 Å². The topological polar surface area (TPSA) is 27.7 Å². The Balaban J connectivity index is 2.28. The van der Waals surface area contributed by atoms with Gasteiger partial charge < -0.3 is 14.2 Å². The average Bonchev–Trinajstić information content (AvgIpc) is 2.42. The van der Waals surface area contributed by atoms with Crippen LogP contribution in [0.2, 0.25) is 0 Å². The normalized spacial score (nSPS) is 9.89. The fraction of sp³-hybridized carbons (Fsp3) is 0.200. The van der Waals surface area contributed by atoms with Gasteiger partial charge in [-0.05, 0) is 31.2 Å². The van der Waals surface area contributed by atoms with E-state index in [1.54, 1.807) is 7.11 Å². The molecule has 3 heteroatoms. The summed E-state index contributed by atoms with van der Waals surface area (Å²) in [4.78, 5) is 0. The molecule has 0 atom stereocenters. The predicted molar refractivity (Wildman–Crippen MR) is 70.7 cm³/mol. The first-order valence-corrected chi connectivity index (χ1v) is 5.87. The van der Waals surface area contributed by atoms with Gasteiger partial charge in [0.15, 0.2) is 11.5 Å². The van der Waals surface area contributed by atoms with Crippen LogP contribution in [0.25, 0.3) is 0 Å². The molecule has 2 aromatic rings. The molecule has 0 saturated carbocycles. The molecule has 0 aliphatic rings. The van der Waals surface area contributed by atoms with Gasteiger partial charge in [-0.2, -0.15) is 0 Å². The summed E-state index contributed by atoms with van der Waals surface area (Å²) in [6.07, 6.45) is 0. The number of para-hydroxylation sites is 1. The van der Waals surface area contributed by atoms with E-state index in [9.17, 15) is 0 Å². The minimum absolute atomic E-state index is 0.595. The Bertz CT molecular complexity index is 494. The van der Waals surface area contributed by atoms with Gasteiger partial charge in [-0.3, -0.25) is 0 Å². The van der Waals surface area contributed by atoms with E-state index in [2.05, 4.69) is 0 Å². The van der Waals surface area contributed by atoms with Gasteiger partial charge in [0.25, 0.3) is 0 Å². The number of methoxy groups -OCH3 is 1. The van der Waals surface area contributed by atoms with Crippen LogP contribution in [0.4, 0.5) is 0 Å². The lowest BCUT2D eigenvalue weighted by molar-refractivity contribution is 0.319. The third-order valence-corrected chi connectivity index (χ3v) is 2.42. The van der Waals surface area contributed by atoms with E-state index in [-0.39, 0.29) is 0 Å². The van der Waals surface area contributed by atoms with Gasteiger partial charge in [0.2, 0.25) is 0 Å². The second kappa shape index (κ2) is 5.96. The Hall–Kier alpha value is -2.16. The summed E-state index contributed by atoms with van der Waals surface area (Å²) in [5.41, 5.74) is 0. The first-order valence-electron chi connectivity index (χ1n) is 5.87. The molecule has 0 aliphatic heterocycles. The van der Waals surface area contributed by atoms with Crippen molar-refractivity contribution in [3.8, 4) is 23.0 Å². The van der Waals surface area contributed by atoms with Crippen molar-refractivity contribution >= 4 is 0 Å². The average molecular weight is 244 g/mol. The van der Waals surface area contributed by atoms with E-state index in [0.29, 0.717) is 18.1 Å². The molecule has 0 amide bonds. The van der Waals surface area contributed by atoms with Crippen molar-refractivity contribution < 1.29 is 14.2 Å². The van der Waals surface area contributed by atoms with Gasteiger partial charge >= 0.3 is 0 Å². The van der Waals surface area contributed by atoms with Crippen molar-refractivity contribution in [3.05, 3.63) is 48.5 Å². The fourth-order valence-electron chi connectivity index (χ4n) is 1.59. The quantitative estimate of drug-likeness (QED) is 0.798. The summed E-state index contributed by atoms with van der Waals surface area (Å²) in [6.45, 7) is 2.54. The van der Waals surface area contributed by atoms with E-state index in [1.807, 2.05) is 55.5 Å². The van der Waals surface area contributed by atoms with Gasteiger partial charge in [0, 0.05) is 6.07 Å². The number of benzene rings is 2. The van der Waals surface area contributed by atoms with Gasteiger partial charge in [-0.1, -0.05) is 18.2 Å². The Kier molecular flexibility index (Phi) is 4.07. The Morgan fingerprint density at radius 1 is 0.889 bits per heavy atom. The summed E-state index contributed by atoms with van der Waals surface area (Å²) in [5, 5.41) is 0. The molecule has 0 saturated heterocycles. The maximum Gasteiger partial charge on any atom is 0.172 e. The molecule has 2 rings (SSSR count). The van der Waals surface area contributed by atoms with E-state index < -0.39 is 0 Å². The smallest absolute Gasteiger partial charge is 0.172 e. The van der Waals surface area contributed by atoms with Crippen LogP contribution in [0.15, 0.2) is 48.5 Å². The predicted octanol–water partition coefficient (Wildman–Crippen LogP) is 3.89. The van der Waals surface area contributed by atoms with Crippen LogP contribution in [-0.2, 0) is 0 Å². The first-order chi connectivity index (χ1) is 8.83. The van der Waals surface area contributed by atoms with Gasteiger partial charge in [-0.15, -0.1) is 0 Å². The molecular weight excluding hydrogens is 228 g/mol. The molecule has 0 aliphatic carbocycles.